The van der Waals surface area contributed by atoms with Crippen LogP contribution in [0.25, 0.3) is 10.9 Å². The summed E-state index contributed by atoms with van der Waals surface area (Å²) in [5.41, 5.74) is 2.32. The number of hydrogen-bond donors (Lipinski definition) is 0. The standard InChI is InChI=1S/C18H24N2O/c1-13(2)14-7-10-20(11-8-14)18-6-9-19-17-12-15(21-3)4-5-16(17)18/h4-6,9,12-14H,7-8,10-11H2,1-3H3. The molecule has 112 valence electrons. The Bertz CT molecular complexity index is 616. The maximum atomic E-state index is 5.29. The second-order valence-electron chi connectivity index (χ2n) is 6.28. The van der Waals surface area contributed by atoms with E-state index in [2.05, 4.69) is 35.9 Å². The number of nitrogens with zero attached hydrogens (tertiary/aromatic N) is 2. The van der Waals surface area contributed by atoms with Crippen molar-refractivity contribution in [2.45, 2.75) is 26.7 Å². The largest absolute Gasteiger partial charge is 0.497 e. The van der Waals surface area contributed by atoms with E-state index in [1.165, 1.54) is 23.9 Å². The first-order chi connectivity index (χ1) is 10.2. The topological polar surface area (TPSA) is 25.4 Å². The predicted octanol–water partition coefficient (Wildman–Crippen LogP) is 4.12. The van der Waals surface area contributed by atoms with Crippen LogP contribution in [0.1, 0.15) is 26.7 Å². The van der Waals surface area contributed by atoms with E-state index in [1.54, 1.807) is 7.11 Å². The Hall–Kier alpha value is -1.77. The first-order valence-electron chi connectivity index (χ1n) is 7.86. The minimum Gasteiger partial charge on any atom is -0.497 e. The van der Waals surface area contributed by atoms with Gasteiger partial charge in [0.2, 0.25) is 0 Å². The van der Waals surface area contributed by atoms with Crippen LogP contribution in [0.15, 0.2) is 30.5 Å². The normalized spacial score (nSPS) is 16.7. The molecule has 1 saturated heterocycles. The molecule has 0 atom stereocenters. The summed E-state index contributed by atoms with van der Waals surface area (Å²) in [7, 11) is 1.70. The Morgan fingerprint density at radius 3 is 2.62 bits per heavy atom. The maximum Gasteiger partial charge on any atom is 0.121 e. The molecule has 21 heavy (non-hydrogen) atoms. The summed E-state index contributed by atoms with van der Waals surface area (Å²) < 4.78 is 5.29. The molecule has 0 bridgehead atoms. The lowest BCUT2D eigenvalue weighted by molar-refractivity contribution is 0.311. The highest BCUT2D eigenvalue weighted by molar-refractivity contribution is 5.92. The Morgan fingerprint density at radius 2 is 1.95 bits per heavy atom. The van der Waals surface area contributed by atoms with E-state index >= 15 is 0 Å². The van der Waals surface area contributed by atoms with Crippen molar-refractivity contribution in [3.05, 3.63) is 30.5 Å². The average Bonchev–Trinajstić information content (AvgIpc) is 2.53. The highest BCUT2D eigenvalue weighted by atomic mass is 16.5. The Morgan fingerprint density at radius 1 is 1.19 bits per heavy atom. The number of pyridine rings is 1. The van der Waals surface area contributed by atoms with Crippen molar-refractivity contribution < 1.29 is 4.74 Å². The van der Waals surface area contributed by atoms with Gasteiger partial charge in [-0.3, -0.25) is 4.98 Å². The number of hydrogen-bond acceptors (Lipinski definition) is 3. The zero-order valence-corrected chi connectivity index (χ0v) is 13.2. The minimum atomic E-state index is 0.797. The highest BCUT2D eigenvalue weighted by Crippen LogP contribution is 2.32. The van der Waals surface area contributed by atoms with Gasteiger partial charge in [-0.1, -0.05) is 13.8 Å². The SMILES string of the molecule is COc1ccc2c(N3CCC(C(C)C)CC3)ccnc2c1. The van der Waals surface area contributed by atoms with Crippen molar-refractivity contribution in [1.29, 1.82) is 0 Å². The fraction of sp³-hybridized carbons (Fsp3) is 0.500. The molecule has 0 unspecified atom stereocenters. The molecule has 0 saturated carbocycles. The molecule has 1 aromatic heterocycles. The Balaban J connectivity index is 1.87. The van der Waals surface area contributed by atoms with Gasteiger partial charge in [-0.05, 0) is 42.9 Å². The molecule has 0 radical (unpaired) electrons. The van der Waals surface area contributed by atoms with E-state index in [0.29, 0.717) is 0 Å². The van der Waals surface area contributed by atoms with Crippen molar-refractivity contribution >= 4 is 16.6 Å². The van der Waals surface area contributed by atoms with Crippen LogP contribution in [0.3, 0.4) is 0 Å². The van der Waals surface area contributed by atoms with Crippen LogP contribution in [0.4, 0.5) is 5.69 Å². The zero-order chi connectivity index (χ0) is 14.8. The lowest BCUT2D eigenvalue weighted by Crippen LogP contribution is -2.35. The van der Waals surface area contributed by atoms with E-state index in [4.69, 9.17) is 4.74 Å². The number of piperidine rings is 1. The monoisotopic (exact) mass is 284 g/mol. The smallest absolute Gasteiger partial charge is 0.121 e. The highest BCUT2D eigenvalue weighted by Gasteiger charge is 2.22. The van der Waals surface area contributed by atoms with E-state index in [-0.39, 0.29) is 0 Å². The molecule has 2 aromatic rings. The van der Waals surface area contributed by atoms with Crippen molar-refractivity contribution in [3.8, 4) is 5.75 Å². The van der Waals surface area contributed by atoms with Gasteiger partial charge in [0.25, 0.3) is 0 Å². The van der Waals surface area contributed by atoms with Gasteiger partial charge in [0.1, 0.15) is 5.75 Å². The fourth-order valence-corrected chi connectivity index (χ4v) is 3.32. The van der Waals surface area contributed by atoms with Crippen LogP contribution in [0.5, 0.6) is 5.75 Å². The van der Waals surface area contributed by atoms with Crippen molar-refractivity contribution in [2.75, 3.05) is 25.1 Å². The van der Waals surface area contributed by atoms with Crippen LogP contribution in [-0.2, 0) is 0 Å². The number of aromatic nitrogens is 1. The second-order valence-corrected chi connectivity index (χ2v) is 6.28. The van der Waals surface area contributed by atoms with Gasteiger partial charge in [-0.2, -0.15) is 0 Å². The van der Waals surface area contributed by atoms with Crippen LogP contribution in [-0.4, -0.2) is 25.2 Å². The first-order valence-corrected chi connectivity index (χ1v) is 7.86. The van der Waals surface area contributed by atoms with Crippen LogP contribution in [0.2, 0.25) is 0 Å². The molecular weight excluding hydrogens is 260 g/mol. The van der Waals surface area contributed by atoms with Gasteiger partial charge in [0.05, 0.1) is 12.6 Å². The lowest BCUT2D eigenvalue weighted by atomic mass is 9.86. The maximum absolute atomic E-state index is 5.29. The quantitative estimate of drug-likeness (QED) is 0.848. The molecule has 1 fully saturated rings. The third-order valence-electron chi connectivity index (χ3n) is 4.75. The molecule has 0 spiro atoms. The molecule has 1 aliphatic heterocycles. The van der Waals surface area contributed by atoms with Gasteiger partial charge in [-0.15, -0.1) is 0 Å². The molecule has 2 heterocycles. The first kappa shape index (κ1) is 14.2. The Kier molecular flexibility index (Phi) is 4.00. The van der Waals surface area contributed by atoms with Crippen LogP contribution < -0.4 is 9.64 Å². The van der Waals surface area contributed by atoms with E-state index in [0.717, 1.165) is 36.2 Å². The summed E-state index contributed by atoms with van der Waals surface area (Å²) in [6.45, 7) is 6.98. The van der Waals surface area contributed by atoms with Gasteiger partial charge in [0.15, 0.2) is 0 Å². The third kappa shape index (κ3) is 2.82. The van der Waals surface area contributed by atoms with E-state index in [9.17, 15) is 0 Å². The van der Waals surface area contributed by atoms with Gasteiger partial charge < -0.3 is 9.64 Å². The number of methoxy groups -OCH3 is 1. The van der Waals surface area contributed by atoms with Crippen molar-refractivity contribution in [2.24, 2.45) is 11.8 Å². The van der Waals surface area contributed by atoms with Gasteiger partial charge in [-0.25, -0.2) is 0 Å². The van der Waals surface area contributed by atoms with Gasteiger partial charge >= 0.3 is 0 Å². The minimum absolute atomic E-state index is 0.797. The van der Waals surface area contributed by atoms with E-state index < -0.39 is 0 Å². The second kappa shape index (κ2) is 5.92. The molecule has 0 N–H and O–H groups in total. The number of anilines is 1. The number of ether oxygens (including phenoxy) is 1. The fourth-order valence-electron chi connectivity index (χ4n) is 3.32. The van der Waals surface area contributed by atoms with Crippen molar-refractivity contribution in [3.63, 3.8) is 0 Å². The van der Waals surface area contributed by atoms with Crippen LogP contribution >= 0.6 is 0 Å². The summed E-state index contributed by atoms with van der Waals surface area (Å²) in [6, 6.07) is 8.31. The lowest BCUT2D eigenvalue weighted by Gasteiger charge is -2.35. The molecule has 3 heteroatoms. The summed E-state index contributed by atoms with van der Waals surface area (Å²) >= 11 is 0. The number of benzene rings is 1. The molecule has 3 rings (SSSR count). The molecule has 1 aromatic carbocycles. The summed E-state index contributed by atoms with van der Waals surface area (Å²) in [6.07, 6.45) is 4.49. The molecule has 1 aliphatic rings. The number of fused-ring (bicyclic) bond motifs is 1. The molecule has 0 aliphatic carbocycles. The number of rotatable bonds is 3. The third-order valence-corrected chi connectivity index (χ3v) is 4.75. The summed E-state index contributed by atoms with van der Waals surface area (Å²) in [5.74, 6) is 2.53. The molecule has 0 amide bonds. The average molecular weight is 284 g/mol. The van der Waals surface area contributed by atoms with Crippen molar-refractivity contribution in [1.82, 2.24) is 4.98 Å². The predicted molar refractivity (Wildman–Crippen MR) is 88.1 cm³/mol. The van der Waals surface area contributed by atoms with Gasteiger partial charge in [0, 0.05) is 36.4 Å². The van der Waals surface area contributed by atoms with E-state index in [1.807, 2.05) is 18.3 Å². The summed E-state index contributed by atoms with van der Waals surface area (Å²) in [5, 5.41) is 1.22. The molecule has 3 nitrogen and oxygen atoms in total. The van der Waals surface area contributed by atoms with Crippen LogP contribution in [0, 0.1) is 11.8 Å². The summed E-state index contributed by atoms with van der Waals surface area (Å²) in [4.78, 5) is 6.99. The molecular formula is C18H24N2O. The Labute approximate surface area is 126 Å². The zero-order valence-electron chi connectivity index (χ0n) is 13.2.